The van der Waals surface area contributed by atoms with Crippen molar-refractivity contribution in [3.8, 4) is 17.1 Å². The van der Waals surface area contributed by atoms with E-state index in [2.05, 4.69) is 27.1 Å². The van der Waals surface area contributed by atoms with Gasteiger partial charge in [-0.25, -0.2) is 9.97 Å². The molecule has 0 saturated carbocycles. The minimum atomic E-state index is 0.702. The van der Waals surface area contributed by atoms with E-state index in [4.69, 9.17) is 0 Å². The van der Waals surface area contributed by atoms with Crippen LogP contribution in [0.3, 0.4) is 0 Å². The van der Waals surface area contributed by atoms with Crippen LogP contribution in [0, 0.1) is 13.8 Å². The molecule has 19 heavy (non-hydrogen) atoms. The van der Waals surface area contributed by atoms with E-state index in [0.29, 0.717) is 5.95 Å². The highest BCUT2D eigenvalue weighted by Crippen LogP contribution is 2.17. The monoisotopic (exact) mass is 250 g/mol. The quantitative estimate of drug-likeness (QED) is 0.702. The van der Waals surface area contributed by atoms with Crippen LogP contribution < -0.4 is 0 Å². The van der Waals surface area contributed by atoms with Crippen LogP contribution in [0.15, 0.2) is 49.1 Å². The molecule has 0 amide bonds. The molecule has 4 heteroatoms. The average Bonchev–Trinajstić information content (AvgIpc) is 2.79. The van der Waals surface area contributed by atoms with Crippen LogP contribution in [0.2, 0.25) is 0 Å². The van der Waals surface area contributed by atoms with Gasteiger partial charge in [0, 0.05) is 47.3 Å². The van der Waals surface area contributed by atoms with Crippen molar-refractivity contribution in [2.75, 3.05) is 0 Å². The van der Waals surface area contributed by atoms with Crippen LogP contribution in [-0.2, 0) is 0 Å². The molecular weight excluding hydrogens is 236 g/mol. The molecule has 0 N–H and O–H groups in total. The molecule has 0 aliphatic rings. The zero-order valence-electron chi connectivity index (χ0n) is 10.9. The molecule has 0 atom stereocenters. The Morgan fingerprint density at radius 2 is 1.53 bits per heavy atom. The maximum absolute atomic E-state index is 4.44. The van der Waals surface area contributed by atoms with Gasteiger partial charge in [-0.1, -0.05) is 6.07 Å². The van der Waals surface area contributed by atoms with Gasteiger partial charge in [0.25, 0.3) is 0 Å². The van der Waals surface area contributed by atoms with E-state index < -0.39 is 0 Å². The van der Waals surface area contributed by atoms with Crippen LogP contribution in [0.25, 0.3) is 17.1 Å². The largest absolute Gasteiger partial charge is 0.287 e. The molecule has 0 aromatic carbocycles. The lowest BCUT2D eigenvalue weighted by molar-refractivity contribution is 0.873. The summed E-state index contributed by atoms with van der Waals surface area (Å²) >= 11 is 0. The van der Waals surface area contributed by atoms with Gasteiger partial charge in [-0.2, -0.15) is 0 Å². The van der Waals surface area contributed by atoms with Crippen molar-refractivity contribution in [1.82, 2.24) is 19.5 Å². The Labute approximate surface area is 111 Å². The van der Waals surface area contributed by atoms with Gasteiger partial charge in [0.15, 0.2) is 0 Å². The first-order valence-corrected chi connectivity index (χ1v) is 6.13. The zero-order valence-corrected chi connectivity index (χ0v) is 10.9. The first-order valence-electron chi connectivity index (χ1n) is 6.13. The molecule has 4 nitrogen and oxygen atoms in total. The third-order valence-corrected chi connectivity index (χ3v) is 3.10. The molecule has 0 fully saturated rings. The molecule has 3 rings (SSSR count). The summed E-state index contributed by atoms with van der Waals surface area (Å²) in [6, 6.07) is 8.03. The lowest BCUT2D eigenvalue weighted by atomic mass is 10.2. The molecule has 0 radical (unpaired) electrons. The Morgan fingerprint density at radius 3 is 2.11 bits per heavy atom. The number of rotatable bonds is 2. The van der Waals surface area contributed by atoms with Gasteiger partial charge in [0.05, 0.1) is 0 Å². The molecule has 0 bridgehead atoms. The number of hydrogen-bond acceptors (Lipinski definition) is 3. The SMILES string of the molecule is Cc1ccc(C)n1-c1ncc(-c2cccnc2)cn1. The summed E-state index contributed by atoms with van der Waals surface area (Å²) in [5, 5.41) is 0. The third kappa shape index (κ3) is 2.12. The van der Waals surface area contributed by atoms with Gasteiger partial charge in [0.1, 0.15) is 0 Å². The Hall–Kier alpha value is -2.49. The topological polar surface area (TPSA) is 43.6 Å². The van der Waals surface area contributed by atoms with Crippen LogP contribution in [0.4, 0.5) is 0 Å². The summed E-state index contributed by atoms with van der Waals surface area (Å²) in [6.45, 7) is 4.09. The lowest BCUT2D eigenvalue weighted by Gasteiger charge is -2.07. The molecule has 94 valence electrons. The highest BCUT2D eigenvalue weighted by Gasteiger charge is 2.06. The fraction of sp³-hybridized carbons (Fsp3) is 0.133. The summed E-state index contributed by atoms with van der Waals surface area (Å²) in [4.78, 5) is 13.0. The third-order valence-electron chi connectivity index (χ3n) is 3.10. The number of pyridine rings is 1. The normalized spacial score (nSPS) is 10.6. The number of nitrogens with zero attached hydrogens (tertiary/aromatic N) is 4. The van der Waals surface area contributed by atoms with E-state index in [0.717, 1.165) is 22.5 Å². The molecule has 0 aliphatic heterocycles. The summed E-state index contributed by atoms with van der Waals surface area (Å²) < 4.78 is 2.03. The second kappa shape index (κ2) is 4.65. The highest BCUT2D eigenvalue weighted by molar-refractivity contribution is 5.60. The van der Waals surface area contributed by atoms with Crippen molar-refractivity contribution in [3.05, 3.63) is 60.4 Å². The van der Waals surface area contributed by atoms with Crippen molar-refractivity contribution < 1.29 is 0 Å². The van der Waals surface area contributed by atoms with Gasteiger partial charge in [-0.3, -0.25) is 9.55 Å². The van der Waals surface area contributed by atoms with Crippen molar-refractivity contribution in [2.45, 2.75) is 13.8 Å². The standard InChI is InChI=1S/C15H14N4/c1-11-5-6-12(2)19(11)15-17-9-14(10-18-15)13-4-3-7-16-8-13/h3-10H,1-2H3. The second-order valence-electron chi connectivity index (χ2n) is 4.46. The minimum Gasteiger partial charge on any atom is -0.287 e. The summed E-state index contributed by atoms with van der Waals surface area (Å²) in [6.07, 6.45) is 7.23. The van der Waals surface area contributed by atoms with Gasteiger partial charge < -0.3 is 0 Å². The average molecular weight is 250 g/mol. The first-order chi connectivity index (χ1) is 9.25. The van der Waals surface area contributed by atoms with Crippen LogP contribution >= 0.6 is 0 Å². The predicted octanol–water partition coefficient (Wildman–Crippen LogP) is 2.95. The molecule has 3 aromatic heterocycles. The maximum Gasteiger partial charge on any atom is 0.234 e. The summed E-state index contributed by atoms with van der Waals surface area (Å²) in [5.41, 5.74) is 4.26. The molecule has 0 saturated heterocycles. The number of hydrogen-bond donors (Lipinski definition) is 0. The Balaban J connectivity index is 2.00. The van der Waals surface area contributed by atoms with Crippen molar-refractivity contribution in [3.63, 3.8) is 0 Å². The fourth-order valence-corrected chi connectivity index (χ4v) is 2.10. The van der Waals surface area contributed by atoms with Crippen LogP contribution in [-0.4, -0.2) is 19.5 Å². The van der Waals surface area contributed by atoms with E-state index in [-0.39, 0.29) is 0 Å². The second-order valence-corrected chi connectivity index (χ2v) is 4.46. The number of aryl methyl sites for hydroxylation is 2. The Bertz CT molecular complexity index is 664. The van der Waals surface area contributed by atoms with Gasteiger partial charge in [-0.15, -0.1) is 0 Å². The van der Waals surface area contributed by atoms with E-state index in [1.807, 2.05) is 49.1 Å². The maximum atomic E-state index is 4.44. The molecular formula is C15H14N4. The zero-order chi connectivity index (χ0) is 13.2. The molecule has 0 aliphatic carbocycles. The van der Waals surface area contributed by atoms with Gasteiger partial charge in [0.2, 0.25) is 5.95 Å². The van der Waals surface area contributed by atoms with E-state index >= 15 is 0 Å². The first kappa shape index (κ1) is 11.6. The Kier molecular flexibility index (Phi) is 2.83. The smallest absolute Gasteiger partial charge is 0.234 e. The minimum absolute atomic E-state index is 0.702. The highest BCUT2D eigenvalue weighted by atomic mass is 15.2. The van der Waals surface area contributed by atoms with E-state index in [9.17, 15) is 0 Å². The fourth-order valence-electron chi connectivity index (χ4n) is 2.10. The molecule has 3 aromatic rings. The molecule has 0 unspecified atom stereocenters. The van der Waals surface area contributed by atoms with Crippen LogP contribution in [0.5, 0.6) is 0 Å². The van der Waals surface area contributed by atoms with Crippen LogP contribution in [0.1, 0.15) is 11.4 Å². The van der Waals surface area contributed by atoms with E-state index in [1.54, 1.807) is 6.20 Å². The molecule has 3 heterocycles. The predicted molar refractivity (Wildman–Crippen MR) is 74.1 cm³/mol. The number of aromatic nitrogens is 4. The van der Waals surface area contributed by atoms with Crippen molar-refractivity contribution >= 4 is 0 Å². The summed E-state index contributed by atoms with van der Waals surface area (Å²) in [5.74, 6) is 0.702. The summed E-state index contributed by atoms with van der Waals surface area (Å²) in [7, 11) is 0. The van der Waals surface area contributed by atoms with E-state index in [1.165, 1.54) is 0 Å². The van der Waals surface area contributed by atoms with Gasteiger partial charge >= 0.3 is 0 Å². The van der Waals surface area contributed by atoms with Crippen molar-refractivity contribution in [2.24, 2.45) is 0 Å². The van der Waals surface area contributed by atoms with Gasteiger partial charge in [-0.05, 0) is 32.0 Å². The van der Waals surface area contributed by atoms with Crippen molar-refractivity contribution in [1.29, 1.82) is 0 Å². The Morgan fingerprint density at radius 1 is 0.842 bits per heavy atom. The molecule has 0 spiro atoms. The lowest BCUT2D eigenvalue weighted by Crippen LogP contribution is -2.04.